The molecule has 0 radical (unpaired) electrons. The lowest BCUT2D eigenvalue weighted by atomic mass is 10.1. The van der Waals surface area contributed by atoms with Crippen LogP contribution in [-0.4, -0.2) is 20.0 Å². The third-order valence-corrected chi connectivity index (χ3v) is 3.55. The van der Waals surface area contributed by atoms with Gasteiger partial charge in [-0.15, -0.1) is 0 Å². The third kappa shape index (κ3) is 3.22. The number of nitrogens with one attached hydrogen (secondary N) is 1. The SMILES string of the molecule is Cc1ccccc1-c1nc(CNc2cc(C)c([N+](=O)[O-])cn2)no1. The summed E-state index contributed by atoms with van der Waals surface area (Å²) in [5, 5.41) is 17.8. The molecule has 122 valence electrons. The smallest absolute Gasteiger partial charge is 0.290 e. The fourth-order valence-electron chi connectivity index (χ4n) is 2.25. The predicted molar refractivity (Wildman–Crippen MR) is 87.4 cm³/mol. The molecule has 8 heteroatoms. The summed E-state index contributed by atoms with van der Waals surface area (Å²) in [6.07, 6.45) is 1.23. The first-order chi connectivity index (χ1) is 11.5. The van der Waals surface area contributed by atoms with E-state index in [-0.39, 0.29) is 5.69 Å². The number of anilines is 1. The minimum Gasteiger partial charge on any atom is -0.363 e. The highest BCUT2D eigenvalue weighted by molar-refractivity contribution is 5.57. The number of nitro groups is 1. The summed E-state index contributed by atoms with van der Waals surface area (Å²) in [7, 11) is 0. The normalized spacial score (nSPS) is 10.6. The zero-order chi connectivity index (χ0) is 17.1. The van der Waals surface area contributed by atoms with Gasteiger partial charge in [-0.3, -0.25) is 10.1 Å². The molecule has 0 spiro atoms. The van der Waals surface area contributed by atoms with Crippen LogP contribution in [0.2, 0.25) is 0 Å². The zero-order valence-corrected chi connectivity index (χ0v) is 13.2. The molecule has 8 nitrogen and oxygen atoms in total. The summed E-state index contributed by atoms with van der Waals surface area (Å²) in [5.74, 6) is 1.45. The Morgan fingerprint density at radius 2 is 2.04 bits per heavy atom. The Hall–Kier alpha value is -3.29. The van der Waals surface area contributed by atoms with E-state index in [9.17, 15) is 10.1 Å². The van der Waals surface area contributed by atoms with Gasteiger partial charge in [0.2, 0.25) is 0 Å². The molecular weight excluding hydrogens is 310 g/mol. The molecule has 1 N–H and O–H groups in total. The molecule has 2 aromatic heterocycles. The number of rotatable bonds is 5. The van der Waals surface area contributed by atoms with Gasteiger partial charge in [-0.2, -0.15) is 4.98 Å². The van der Waals surface area contributed by atoms with E-state index in [0.29, 0.717) is 29.6 Å². The first kappa shape index (κ1) is 15.6. The number of pyridine rings is 1. The lowest BCUT2D eigenvalue weighted by molar-refractivity contribution is -0.385. The van der Waals surface area contributed by atoms with E-state index in [1.807, 2.05) is 31.2 Å². The van der Waals surface area contributed by atoms with Crippen molar-refractivity contribution in [3.8, 4) is 11.5 Å². The minimum absolute atomic E-state index is 0.0121. The molecule has 0 saturated carbocycles. The van der Waals surface area contributed by atoms with Crippen molar-refractivity contribution in [2.75, 3.05) is 5.32 Å². The lowest BCUT2D eigenvalue weighted by Gasteiger charge is -2.03. The summed E-state index contributed by atoms with van der Waals surface area (Å²) >= 11 is 0. The van der Waals surface area contributed by atoms with Crippen LogP contribution in [0, 0.1) is 24.0 Å². The van der Waals surface area contributed by atoms with Crippen molar-refractivity contribution >= 4 is 11.5 Å². The van der Waals surface area contributed by atoms with E-state index in [1.54, 1.807) is 13.0 Å². The van der Waals surface area contributed by atoms with Crippen molar-refractivity contribution in [2.24, 2.45) is 0 Å². The molecule has 0 aliphatic carbocycles. The molecule has 0 atom stereocenters. The van der Waals surface area contributed by atoms with E-state index in [1.165, 1.54) is 6.20 Å². The molecule has 1 aromatic carbocycles. The van der Waals surface area contributed by atoms with E-state index in [4.69, 9.17) is 4.52 Å². The van der Waals surface area contributed by atoms with Gasteiger partial charge in [0.1, 0.15) is 12.0 Å². The standard InChI is InChI=1S/C16H15N5O3/c1-10-5-3-4-6-12(10)16-19-15(20-24-16)9-18-14-7-11(2)13(8-17-14)21(22)23/h3-8H,9H2,1-2H3,(H,17,18). The number of hydrogen-bond donors (Lipinski definition) is 1. The summed E-state index contributed by atoms with van der Waals surface area (Å²) in [4.78, 5) is 18.7. The summed E-state index contributed by atoms with van der Waals surface area (Å²) in [6, 6.07) is 9.36. The van der Waals surface area contributed by atoms with Gasteiger partial charge in [-0.25, -0.2) is 4.98 Å². The Balaban J connectivity index is 1.71. The van der Waals surface area contributed by atoms with Crippen molar-refractivity contribution < 1.29 is 9.45 Å². The molecule has 3 rings (SSSR count). The molecule has 0 unspecified atom stereocenters. The van der Waals surface area contributed by atoms with Gasteiger partial charge in [0.25, 0.3) is 11.6 Å². The highest BCUT2D eigenvalue weighted by atomic mass is 16.6. The number of aromatic nitrogens is 3. The van der Waals surface area contributed by atoms with E-state index < -0.39 is 4.92 Å². The van der Waals surface area contributed by atoms with Crippen LogP contribution < -0.4 is 5.32 Å². The summed E-state index contributed by atoms with van der Waals surface area (Å²) in [6.45, 7) is 3.94. The van der Waals surface area contributed by atoms with Crippen LogP contribution in [0.15, 0.2) is 41.1 Å². The maximum atomic E-state index is 10.8. The Bertz CT molecular complexity index is 891. The van der Waals surface area contributed by atoms with Crippen LogP contribution in [0.1, 0.15) is 17.0 Å². The number of hydrogen-bond acceptors (Lipinski definition) is 7. The predicted octanol–water partition coefficient (Wildman–Crippen LogP) is 3.27. The molecule has 24 heavy (non-hydrogen) atoms. The van der Waals surface area contributed by atoms with Crippen molar-refractivity contribution in [3.05, 3.63) is 63.6 Å². The second-order valence-corrected chi connectivity index (χ2v) is 5.30. The van der Waals surface area contributed by atoms with Crippen LogP contribution in [0.5, 0.6) is 0 Å². The second-order valence-electron chi connectivity index (χ2n) is 5.30. The molecule has 0 aliphatic rings. The summed E-state index contributed by atoms with van der Waals surface area (Å²) in [5.41, 5.74) is 2.46. The maximum absolute atomic E-state index is 10.8. The monoisotopic (exact) mass is 325 g/mol. The number of aryl methyl sites for hydroxylation is 2. The zero-order valence-electron chi connectivity index (χ0n) is 13.2. The molecule has 0 bridgehead atoms. The number of nitrogens with zero attached hydrogens (tertiary/aromatic N) is 4. The molecule has 0 aliphatic heterocycles. The Labute approximate surface area is 137 Å². The van der Waals surface area contributed by atoms with Gasteiger partial charge in [0, 0.05) is 11.1 Å². The average Bonchev–Trinajstić information content (AvgIpc) is 3.02. The second kappa shape index (κ2) is 6.45. The fourth-order valence-corrected chi connectivity index (χ4v) is 2.25. The number of benzene rings is 1. The van der Waals surface area contributed by atoms with Gasteiger partial charge in [-0.1, -0.05) is 23.4 Å². The van der Waals surface area contributed by atoms with Gasteiger partial charge in [0.15, 0.2) is 5.82 Å². The van der Waals surface area contributed by atoms with Crippen LogP contribution >= 0.6 is 0 Å². The van der Waals surface area contributed by atoms with Crippen LogP contribution in [-0.2, 0) is 6.54 Å². The minimum atomic E-state index is -0.459. The molecular formula is C16H15N5O3. The quantitative estimate of drug-likeness (QED) is 0.566. The Morgan fingerprint density at radius 3 is 2.75 bits per heavy atom. The van der Waals surface area contributed by atoms with Crippen molar-refractivity contribution in [1.82, 2.24) is 15.1 Å². The van der Waals surface area contributed by atoms with Gasteiger partial charge in [-0.05, 0) is 31.5 Å². The Morgan fingerprint density at radius 1 is 1.25 bits per heavy atom. The first-order valence-electron chi connectivity index (χ1n) is 7.28. The topological polar surface area (TPSA) is 107 Å². The molecule has 0 fully saturated rings. The fraction of sp³-hybridized carbons (Fsp3) is 0.188. The molecule has 0 saturated heterocycles. The van der Waals surface area contributed by atoms with Crippen LogP contribution in [0.25, 0.3) is 11.5 Å². The molecule has 3 aromatic rings. The highest BCUT2D eigenvalue weighted by Gasteiger charge is 2.13. The molecule has 0 amide bonds. The Kier molecular flexibility index (Phi) is 4.19. The van der Waals surface area contributed by atoms with Crippen molar-refractivity contribution in [1.29, 1.82) is 0 Å². The van der Waals surface area contributed by atoms with Crippen molar-refractivity contribution in [3.63, 3.8) is 0 Å². The summed E-state index contributed by atoms with van der Waals surface area (Å²) < 4.78 is 5.28. The van der Waals surface area contributed by atoms with Gasteiger partial charge < -0.3 is 9.84 Å². The van der Waals surface area contributed by atoms with Crippen molar-refractivity contribution in [2.45, 2.75) is 20.4 Å². The maximum Gasteiger partial charge on any atom is 0.290 e. The van der Waals surface area contributed by atoms with E-state index in [0.717, 1.165) is 11.1 Å². The first-order valence-corrected chi connectivity index (χ1v) is 7.28. The van der Waals surface area contributed by atoms with Gasteiger partial charge >= 0.3 is 0 Å². The van der Waals surface area contributed by atoms with Gasteiger partial charge in [0.05, 0.1) is 11.5 Å². The van der Waals surface area contributed by atoms with Crippen LogP contribution in [0.4, 0.5) is 11.5 Å². The third-order valence-electron chi connectivity index (χ3n) is 3.55. The van der Waals surface area contributed by atoms with Crippen LogP contribution in [0.3, 0.4) is 0 Å². The lowest BCUT2D eigenvalue weighted by Crippen LogP contribution is -2.04. The highest BCUT2D eigenvalue weighted by Crippen LogP contribution is 2.22. The van der Waals surface area contributed by atoms with E-state index >= 15 is 0 Å². The molecule has 2 heterocycles. The average molecular weight is 325 g/mol. The van der Waals surface area contributed by atoms with E-state index in [2.05, 4.69) is 20.4 Å². The largest absolute Gasteiger partial charge is 0.363 e.